The summed E-state index contributed by atoms with van der Waals surface area (Å²) in [5.41, 5.74) is 0. The summed E-state index contributed by atoms with van der Waals surface area (Å²) >= 11 is 0. The monoisotopic (exact) mass is 284 g/mol. The zero-order valence-electron chi connectivity index (χ0n) is 11.3. The molecule has 2 saturated heterocycles. The molecule has 2 heterocycles. The van der Waals surface area contributed by atoms with E-state index in [0.29, 0.717) is 6.54 Å². The molecule has 0 aliphatic carbocycles. The minimum atomic E-state index is -1.10. The first kappa shape index (κ1) is 14.8. The number of hydrogen-bond donors (Lipinski definition) is 2. The van der Waals surface area contributed by atoms with Gasteiger partial charge in [-0.05, 0) is 25.8 Å². The molecule has 112 valence electrons. The van der Waals surface area contributed by atoms with Crippen LogP contribution in [0.1, 0.15) is 19.3 Å². The highest BCUT2D eigenvalue weighted by Crippen LogP contribution is 2.24. The van der Waals surface area contributed by atoms with Crippen molar-refractivity contribution in [1.82, 2.24) is 9.80 Å². The summed E-state index contributed by atoms with van der Waals surface area (Å²) in [6.07, 6.45) is 2.31. The van der Waals surface area contributed by atoms with Crippen molar-refractivity contribution < 1.29 is 24.6 Å². The van der Waals surface area contributed by atoms with Crippen molar-refractivity contribution >= 4 is 17.8 Å². The normalized spacial score (nSPS) is 27.5. The van der Waals surface area contributed by atoms with Gasteiger partial charge >= 0.3 is 11.9 Å². The minimum Gasteiger partial charge on any atom is -0.481 e. The van der Waals surface area contributed by atoms with Crippen LogP contribution in [0.3, 0.4) is 0 Å². The Morgan fingerprint density at radius 1 is 0.950 bits per heavy atom. The number of aliphatic carboxylic acids is 2. The Kier molecular flexibility index (Phi) is 4.59. The van der Waals surface area contributed by atoms with Crippen molar-refractivity contribution in [2.45, 2.75) is 19.3 Å². The second kappa shape index (κ2) is 6.21. The summed E-state index contributed by atoms with van der Waals surface area (Å²) < 4.78 is 0. The van der Waals surface area contributed by atoms with E-state index in [-0.39, 0.29) is 25.4 Å². The fourth-order valence-corrected chi connectivity index (χ4v) is 2.97. The summed E-state index contributed by atoms with van der Waals surface area (Å²) in [4.78, 5) is 37.8. The van der Waals surface area contributed by atoms with Crippen LogP contribution in [0.25, 0.3) is 0 Å². The Balaban J connectivity index is 1.92. The van der Waals surface area contributed by atoms with Gasteiger partial charge in [-0.2, -0.15) is 0 Å². The number of carboxylic acid groups (broad SMARTS) is 2. The zero-order chi connectivity index (χ0) is 14.7. The molecule has 7 nitrogen and oxygen atoms in total. The van der Waals surface area contributed by atoms with Gasteiger partial charge in [0.1, 0.15) is 0 Å². The van der Waals surface area contributed by atoms with E-state index < -0.39 is 23.8 Å². The predicted molar refractivity (Wildman–Crippen MR) is 69.1 cm³/mol. The van der Waals surface area contributed by atoms with Crippen LogP contribution in [0.5, 0.6) is 0 Å². The second-order valence-electron chi connectivity index (χ2n) is 5.50. The van der Waals surface area contributed by atoms with E-state index >= 15 is 0 Å². The first-order valence-electron chi connectivity index (χ1n) is 6.95. The molecule has 1 amide bonds. The number of hydrogen-bond acceptors (Lipinski definition) is 4. The molecule has 2 aliphatic rings. The molecular weight excluding hydrogens is 264 g/mol. The standard InChI is InChI=1S/C13H20N2O5/c16-11(15-4-1-2-5-15)8-14-6-3-9(12(17)18)10(7-14)13(19)20/h9-10H,1-8H2,(H,17,18)(H,19,20). The van der Waals surface area contributed by atoms with Crippen molar-refractivity contribution in [3.63, 3.8) is 0 Å². The van der Waals surface area contributed by atoms with E-state index in [2.05, 4.69) is 0 Å². The molecule has 2 fully saturated rings. The van der Waals surface area contributed by atoms with Crippen molar-refractivity contribution in [2.75, 3.05) is 32.7 Å². The van der Waals surface area contributed by atoms with Crippen LogP contribution >= 0.6 is 0 Å². The molecule has 0 radical (unpaired) electrons. The number of amides is 1. The second-order valence-corrected chi connectivity index (χ2v) is 5.50. The van der Waals surface area contributed by atoms with Gasteiger partial charge in [-0.15, -0.1) is 0 Å². The molecule has 0 spiro atoms. The number of rotatable bonds is 4. The molecule has 0 saturated carbocycles. The number of piperidine rings is 1. The molecule has 2 N–H and O–H groups in total. The first-order valence-corrected chi connectivity index (χ1v) is 6.95. The summed E-state index contributed by atoms with van der Waals surface area (Å²) in [5, 5.41) is 18.2. The van der Waals surface area contributed by atoms with Crippen molar-refractivity contribution in [1.29, 1.82) is 0 Å². The highest BCUT2D eigenvalue weighted by molar-refractivity contribution is 5.81. The van der Waals surface area contributed by atoms with E-state index in [1.54, 1.807) is 9.80 Å². The molecule has 20 heavy (non-hydrogen) atoms. The first-order chi connectivity index (χ1) is 9.49. The fraction of sp³-hybridized carbons (Fsp3) is 0.769. The van der Waals surface area contributed by atoms with Crippen LogP contribution in [0, 0.1) is 11.8 Å². The third-order valence-corrected chi connectivity index (χ3v) is 4.15. The average molecular weight is 284 g/mol. The third kappa shape index (κ3) is 3.27. The van der Waals surface area contributed by atoms with E-state index in [1.165, 1.54) is 0 Å². The number of carbonyl (C=O) groups excluding carboxylic acids is 1. The topological polar surface area (TPSA) is 98.2 Å². The summed E-state index contributed by atoms with van der Waals surface area (Å²) in [6, 6.07) is 0. The zero-order valence-corrected chi connectivity index (χ0v) is 11.3. The Labute approximate surface area is 117 Å². The number of carboxylic acids is 2. The van der Waals surface area contributed by atoms with Gasteiger partial charge in [-0.1, -0.05) is 0 Å². The number of nitrogens with zero attached hydrogens (tertiary/aromatic N) is 2. The van der Waals surface area contributed by atoms with Gasteiger partial charge in [0.15, 0.2) is 0 Å². The average Bonchev–Trinajstić information content (AvgIpc) is 2.92. The lowest BCUT2D eigenvalue weighted by Gasteiger charge is -2.34. The molecule has 2 atom stereocenters. The Morgan fingerprint density at radius 3 is 2.10 bits per heavy atom. The van der Waals surface area contributed by atoms with E-state index in [0.717, 1.165) is 25.9 Å². The third-order valence-electron chi connectivity index (χ3n) is 4.15. The van der Waals surface area contributed by atoms with Gasteiger partial charge in [0.25, 0.3) is 0 Å². The van der Waals surface area contributed by atoms with Crippen molar-refractivity contribution in [2.24, 2.45) is 11.8 Å². The van der Waals surface area contributed by atoms with E-state index in [4.69, 9.17) is 10.2 Å². The van der Waals surface area contributed by atoms with Crippen LogP contribution in [-0.4, -0.2) is 70.6 Å². The molecular formula is C13H20N2O5. The SMILES string of the molecule is O=C(O)C1CCN(CC(=O)N2CCCC2)CC1C(=O)O. The highest BCUT2D eigenvalue weighted by Gasteiger charge is 2.39. The van der Waals surface area contributed by atoms with E-state index in [9.17, 15) is 14.4 Å². The van der Waals surface area contributed by atoms with Crippen LogP contribution in [0.2, 0.25) is 0 Å². The van der Waals surface area contributed by atoms with Crippen molar-refractivity contribution in [3.8, 4) is 0 Å². The van der Waals surface area contributed by atoms with Crippen LogP contribution < -0.4 is 0 Å². The maximum absolute atomic E-state index is 12.0. The maximum Gasteiger partial charge on any atom is 0.308 e. The van der Waals surface area contributed by atoms with Crippen LogP contribution in [-0.2, 0) is 14.4 Å². The fourth-order valence-electron chi connectivity index (χ4n) is 2.97. The molecule has 0 aromatic carbocycles. The predicted octanol–water partition coefficient (Wildman–Crippen LogP) is -0.284. The van der Waals surface area contributed by atoms with E-state index in [1.807, 2.05) is 0 Å². The molecule has 0 bridgehead atoms. The molecule has 2 rings (SSSR count). The maximum atomic E-state index is 12.0. The lowest BCUT2D eigenvalue weighted by molar-refractivity contribution is -0.157. The summed E-state index contributed by atoms with van der Waals surface area (Å²) in [6.45, 7) is 2.32. The molecule has 2 unspecified atom stereocenters. The Bertz CT molecular complexity index is 406. The smallest absolute Gasteiger partial charge is 0.308 e. The molecule has 7 heteroatoms. The number of likely N-dealkylation sites (tertiary alicyclic amines) is 2. The van der Waals surface area contributed by atoms with Gasteiger partial charge in [-0.25, -0.2) is 0 Å². The van der Waals surface area contributed by atoms with Gasteiger partial charge in [-0.3, -0.25) is 19.3 Å². The molecule has 0 aromatic heterocycles. The molecule has 2 aliphatic heterocycles. The van der Waals surface area contributed by atoms with Gasteiger partial charge < -0.3 is 15.1 Å². The highest BCUT2D eigenvalue weighted by atomic mass is 16.4. The van der Waals surface area contributed by atoms with Crippen molar-refractivity contribution in [3.05, 3.63) is 0 Å². The van der Waals surface area contributed by atoms with Crippen LogP contribution in [0.15, 0.2) is 0 Å². The quantitative estimate of drug-likeness (QED) is 0.736. The largest absolute Gasteiger partial charge is 0.481 e. The van der Waals surface area contributed by atoms with Gasteiger partial charge in [0.2, 0.25) is 5.91 Å². The summed E-state index contributed by atoms with van der Waals surface area (Å²) in [7, 11) is 0. The minimum absolute atomic E-state index is 0.0143. The molecule has 0 aromatic rings. The Morgan fingerprint density at radius 2 is 1.55 bits per heavy atom. The van der Waals surface area contributed by atoms with Gasteiger partial charge in [0, 0.05) is 19.6 Å². The lowest BCUT2D eigenvalue weighted by Crippen LogP contribution is -2.49. The summed E-state index contributed by atoms with van der Waals surface area (Å²) in [5.74, 6) is -3.95. The lowest BCUT2D eigenvalue weighted by atomic mass is 9.85. The van der Waals surface area contributed by atoms with Gasteiger partial charge in [0.05, 0.1) is 18.4 Å². The Hall–Kier alpha value is -1.63. The van der Waals surface area contributed by atoms with Crippen LogP contribution in [0.4, 0.5) is 0 Å². The number of carbonyl (C=O) groups is 3.